The quantitative estimate of drug-likeness (QED) is 0.397. The molecule has 0 spiro atoms. The van der Waals surface area contributed by atoms with Crippen LogP contribution in [0.4, 0.5) is 5.69 Å². The van der Waals surface area contributed by atoms with E-state index in [1.165, 1.54) is 0 Å². The summed E-state index contributed by atoms with van der Waals surface area (Å²) >= 11 is 0. The summed E-state index contributed by atoms with van der Waals surface area (Å²) in [7, 11) is 1.58. The van der Waals surface area contributed by atoms with Gasteiger partial charge in [0.15, 0.2) is 0 Å². The molecule has 0 saturated heterocycles. The van der Waals surface area contributed by atoms with Crippen LogP contribution in [0.15, 0.2) is 66.7 Å². The van der Waals surface area contributed by atoms with E-state index in [-0.39, 0.29) is 18.4 Å². The number of methoxy groups -OCH3 is 1. The number of fused-ring (bicyclic) bond motifs is 1. The summed E-state index contributed by atoms with van der Waals surface area (Å²) in [6, 6.07) is 19.6. The fourth-order valence-corrected chi connectivity index (χ4v) is 4.32. The van der Waals surface area contributed by atoms with Gasteiger partial charge < -0.3 is 10.1 Å². The van der Waals surface area contributed by atoms with Crippen LogP contribution in [-0.4, -0.2) is 39.5 Å². The zero-order chi connectivity index (χ0) is 26.7. The van der Waals surface area contributed by atoms with Crippen molar-refractivity contribution in [3.8, 4) is 5.75 Å². The minimum atomic E-state index is -0.947. The van der Waals surface area contributed by atoms with Crippen LogP contribution < -0.4 is 15.0 Å². The number of anilines is 1. The van der Waals surface area contributed by atoms with Crippen LogP contribution >= 0.6 is 0 Å². The third kappa shape index (κ3) is 5.63. The molecule has 0 aliphatic rings. The number of hydrogen-bond donors (Lipinski definition) is 1. The molecule has 4 rings (SSSR count). The number of hydrogen-bond acceptors (Lipinski definition) is 5. The number of ether oxygens (including phenoxy) is 1. The molecular weight excluding hydrogens is 466 g/mol. The Bertz CT molecular complexity index is 1440. The van der Waals surface area contributed by atoms with Crippen LogP contribution in [0.1, 0.15) is 43.5 Å². The highest BCUT2D eigenvalue weighted by Crippen LogP contribution is 2.34. The lowest BCUT2D eigenvalue weighted by Crippen LogP contribution is -2.50. The van der Waals surface area contributed by atoms with Crippen molar-refractivity contribution in [1.29, 1.82) is 0 Å². The van der Waals surface area contributed by atoms with Crippen molar-refractivity contribution in [2.24, 2.45) is 0 Å². The lowest BCUT2D eigenvalue weighted by Gasteiger charge is -2.35. The number of aromatic nitrogens is 3. The van der Waals surface area contributed by atoms with Crippen LogP contribution in [0.25, 0.3) is 11.0 Å². The second-order valence-corrected chi connectivity index (χ2v) is 10.1. The maximum atomic E-state index is 14.2. The molecule has 3 aromatic carbocycles. The fourth-order valence-electron chi connectivity index (χ4n) is 4.32. The third-order valence-corrected chi connectivity index (χ3v) is 6.22. The Morgan fingerprint density at radius 3 is 2.49 bits per heavy atom. The predicted molar refractivity (Wildman–Crippen MR) is 145 cm³/mol. The second-order valence-electron chi connectivity index (χ2n) is 10.1. The minimum absolute atomic E-state index is 0.0861. The Kier molecular flexibility index (Phi) is 7.29. The molecule has 8 heteroatoms. The highest BCUT2D eigenvalue weighted by Gasteiger charge is 2.35. The van der Waals surface area contributed by atoms with E-state index in [0.29, 0.717) is 22.5 Å². The first kappa shape index (κ1) is 25.9. The normalized spacial score (nSPS) is 12.3. The molecule has 0 aliphatic carbocycles. The molecule has 0 bridgehead atoms. The van der Waals surface area contributed by atoms with Gasteiger partial charge in [0.25, 0.3) is 0 Å². The van der Waals surface area contributed by atoms with E-state index in [1.807, 2.05) is 95.3 Å². The van der Waals surface area contributed by atoms with Crippen molar-refractivity contribution in [3.05, 3.63) is 83.4 Å². The number of para-hydroxylation sites is 1. The number of carbonyl (C=O) groups is 2. The highest BCUT2D eigenvalue weighted by molar-refractivity contribution is 6.02. The predicted octanol–water partition coefficient (Wildman–Crippen LogP) is 4.75. The molecule has 0 unspecified atom stereocenters. The summed E-state index contributed by atoms with van der Waals surface area (Å²) in [5.41, 5.74) is 4.16. The summed E-state index contributed by atoms with van der Waals surface area (Å²) in [5.74, 6) is 0.0152. The summed E-state index contributed by atoms with van der Waals surface area (Å²) in [4.78, 5) is 29.7. The maximum absolute atomic E-state index is 14.2. The molecule has 4 aromatic rings. The average Bonchev–Trinajstić information content (AvgIpc) is 3.26. The van der Waals surface area contributed by atoms with Crippen LogP contribution in [0.2, 0.25) is 0 Å². The zero-order valence-electron chi connectivity index (χ0n) is 22.1. The van der Waals surface area contributed by atoms with Crippen LogP contribution in [0.5, 0.6) is 5.75 Å². The average molecular weight is 500 g/mol. The SMILES string of the molecule is COc1cccc([C@H](C(=O)NC(C)(C)C)N(C(=O)Cn2nnc3ccccc32)c2cccc(C)c2C)c1. The van der Waals surface area contributed by atoms with Crippen molar-refractivity contribution in [1.82, 2.24) is 20.3 Å². The van der Waals surface area contributed by atoms with E-state index < -0.39 is 11.6 Å². The molecule has 1 atom stereocenters. The second kappa shape index (κ2) is 10.4. The molecule has 0 fully saturated rings. The number of rotatable bonds is 7. The molecule has 0 saturated carbocycles. The van der Waals surface area contributed by atoms with Gasteiger partial charge in [-0.2, -0.15) is 0 Å². The molecule has 192 valence electrons. The Morgan fingerprint density at radius 1 is 1.03 bits per heavy atom. The number of nitrogens with one attached hydrogen (secondary N) is 1. The van der Waals surface area contributed by atoms with E-state index in [1.54, 1.807) is 22.8 Å². The van der Waals surface area contributed by atoms with Gasteiger partial charge in [-0.3, -0.25) is 14.5 Å². The van der Waals surface area contributed by atoms with Crippen molar-refractivity contribution in [2.75, 3.05) is 12.0 Å². The first-order chi connectivity index (χ1) is 17.6. The monoisotopic (exact) mass is 499 g/mol. The molecule has 8 nitrogen and oxygen atoms in total. The Hall–Kier alpha value is -4.20. The van der Waals surface area contributed by atoms with Crippen LogP contribution in [-0.2, 0) is 16.1 Å². The standard InChI is InChI=1S/C29H33N5O3/c1-19-11-9-16-24(20(19)2)34(26(35)18-33-25-15-8-7-14-23(25)31-32-33)27(28(36)30-29(3,4)5)21-12-10-13-22(17-21)37-6/h7-17,27H,18H2,1-6H3,(H,30,36)/t27-/m1/s1. The molecule has 37 heavy (non-hydrogen) atoms. The third-order valence-electron chi connectivity index (χ3n) is 6.22. The number of carbonyl (C=O) groups excluding carboxylic acids is 2. The molecule has 1 N–H and O–H groups in total. The van der Waals surface area contributed by atoms with Gasteiger partial charge in [0.1, 0.15) is 23.9 Å². The van der Waals surface area contributed by atoms with Gasteiger partial charge in [-0.1, -0.05) is 41.6 Å². The molecule has 2 amide bonds. The van der Waals surface area contributed by atoms with E-state index >= 15 is 0 Å². The molecule has 1 heterocycles. The molecule has 0 radical (unpaired) electrons. The van der Waals surface area contributed by atoms with Gasteiger partial charge in [-0.15, -0.1) is 5.10 Å². The summed E-state index contributed by atoms with van der Waals surface area (Å²) in [6.07, 6.45) is 0. The van der Waals surface area contributed by atoms with E-state index in [4.69, 9.17) is 4.74 Å². The van der Waals surface area contributed by atoms with Gasteiger partial charge in [0, 0.05) is 11.2 Å². The molecule has 1 aromatic heterocycles. The first-order valence-corrected chi connectivity index (χ1v) is 12.2. The van der Waals surface area contributed by atoms with Crippen molar-refractivity contribution >= 4 is 28.5 Å². The fraction of sp³-hybridized carbons (Fsp3) is 0.310. The maximum Gasteiger partial charge on any atom is 0.249 e. The number of benzene rings is 3. The summed E-state index contributed by atoms with van der Waals surface area (Å²) in [6.45, 7) is 9.61. The molecular formula is C29H33N5O3. The Balaban J connectivity index is 1.88. The van der Waals surface area contributed by atoms with Gasteiger partial charge in [-0.25, -0.2) is 4.68 Å². The van der Waals surface area contributed by atoms with Crippen molar-refractivity contribution < 1.29 is 14.3 Å². The van der Waals surface area contributed by atoms with Gasteiger partial charge in [-0.05, 0) is 81.6 Å². The van der Waals surface area contributed by atoms with Crippen molar-refractivity contribution in [2.45, 2.75) is 52.7 Å². The Morgan fingerprint density at radius 2 is 1.76 bits per heavy atom. The topological polar surface area (TPSA) is 89.4 Å². The number of nitrogens with zero attached hydrogens (tertiary/aromatic N) is 4. The molecule has 0 aliphatic heterocycles. The van der Waals surface area contributed by atoms with E-state index in [2.05, 4.69) is 15.6 Å². The Labute approximate surface area is 217 Å². The van der Waals surface area contributed by atoms with Gasteiger partial charge in [0.05, 0.1) is 12.6 Å². The smallest absolute Gasteiger partial charge is 0.249 e. The minimum Gasteiger partial charge on any atom is -0.497 e. The van der Waals surface area contributed by atoms with Gasteiger partial charge >= 0.3 is 0 Å². The largest absolute Gasteiger partial charge is 0.497 e. The van der Waals surface area contributed by atoms with E-state index in [0.717, 1.165) is 16.6 Å². The van der Waals surface area contributed by atoms with Crippen LogP contribution in [0.3, 0.4) is 0 Å². The van der Waals surface area contributed by atoms with Gasteiger partial charge in [0.2, 0.25) is 11.8 Å². The summed E-state index contributed by atoms with van der Waals surface area (Å²) < 4.78 is 7.02. The zero-order valence-corrected chi connectivity index (χ0v) is 22.1. The number of aryl methyl sites for hydroxylation is 1. The number of amides is 2. The van der Waals surface area contributed by atoms with Crippen LogP contribution in [0, 0.1) is 13.8 Å². The van der Waals surface area contributed by atoms with Crippen molar-refractivity contribution in [3.63, 3.8) is 0 Å². The lowest BCUT2D eigenvalue weighted by atomic mass is 9.98. The highest BCUT2D eigenvalue weighted by atomic mass is 16.5. The van der Waals surface area contributed by atoms with E-state index in [9.17, 15) is 9.59 Å². The lowest BCUT2D eigenvalue weighted by molar-refractivity contribution is -0.128. The first-order valence-electron chi connectivity index (χ1n) is 12.2. The summed E-state index contributed by atoms with van der Waals surface area (Å²) in [5, 5.41) is 11.5.